The van der Waals surface area contributed by atoms with Crippen LogP contribution in [0.4, 0.5) is 5.69 Å². The van der Waals surface area contributed by atoms with Gasteiger partial charge < -0.3 is 14.5 Å². The summed E-state index contributed by atoms with van der Waals surface area (Å²) < 4.78 is 5.22. The fraction of sp³-hybridized carbons (Fsp3) is 0.211. The van der Waals surface area contributed by atoms with Crippen molar-refractivity contribution in [2.75, 3.05) is 31.6 Å². The third kappa shape index (κ3) is 3.48. The van der Waals surface area contributed by atoms with Crippen molar-refractivity contribution in [3.8, 4) is 11.8 Å². The Morgan fingerprint density at radius 3 is 2.54 bits per heavy atom. The monoisotopic (exact) mass is 369 g/mol. The lowest BCUT2D eigenvalue weighted by molar-refractivity contribution is -0.120. The summed E-state index contributed by atoms with van der Waals surface area (Å²) in [5.74, 6) is -0.0612. The quantitative estimate of drug-likeness (QED) is 0.833. The lowest BCUT2D eigenvalue weighted by Crippen LogP contribution is -2.52. The zero-order chi connectivity index (χ0) is 18.7. The van der Waals surface area contributed by atoms with E-state index < -0.39 is 0 Å². The Morgan fingerprint density at radius 2 is 1.92 bits per heavy atom. The Morgan fingerprint density at radius 1 is 1.19 bits per heavy atom. The SMILES string of the molecule is COc1ccc(Cl)cc1C(=O)N1CCN(c2ccc(C#N)cc2)C(=O)C1. The highest BCUT2D eigenvalue weighted by atomic mass is 35.5. The predicted molar refractivity (Wildman–Crippen MR) is 97.4 cm³/mol. The van der Waals surface area contributed by atoms with E-state index in [1.54, 1.807) is 47.4 Å². The van der Waals surface area contributed by atoms with Crippen LogP contribution in [0.2, 0.25) is 5.02 Å². The molecule has 0 radical (unpaired) electrons. The molecule has 2 aromatic rings. The molecule has 0 saturated carbocycles. The third-order valence-electron chi connectivity index (χ3n) is 4.21. The van der Waals surface area contributed by atoms with E-state index in [-0.39, 0.29) is 18.4 Å². The molecule has 7 heteroatoms. The van der Waals surface area contributed by atoms with E-state index in [9.17, 15) is 9.59 Å². The number of anilines is 1. The van der Waals surface area contributed by atoms with Crippen LogP contribution in [0.3, 0.4) is 0 Å². The topological polar surface area (TPSA) is 73.6 Å². The number of hydrogen-bond acceptors (Lipinski definition) is 4. The number of nitriles is 1. The molecule has 0 unspecified atom stereocenters. The molecule has 2 aromatic carbocycles. The summed E-state index contributed by atoms with van der Waals surface area (Å²) in [5, 5.41) is 9.29. The zero-order valence-corrected chi connectivity index (χ0v) is 14.9. The minimum atomic E-state index is -0.294. The van der Waals surface area contributed by atoms with Gasteiger partial charge in [-0.1, -0.05) is 11.6 Å². The number of benzene rings is 2. The molecule has 0 atom stereocenters. The van der Waals surface area contributed by atoms with Crippen molar-refractivity contribution >= 4 is 29.1 Å². The average molecular weight is 370 g/mol. The highest BCUT2D eigenvalue weighted by Gasteiger charge is 2.30. The molecular weight excluding hydrogens is 354 g/mol. The number of ether oxygens (including phenoxy) is 1. The summed E-state index contributed by atoms with van der Waals surface area (Å²) in [6.07, 6.45) is 0. The van der Waals surface area contributed by atoms with Crippen molar-refractivity contribution < 1.29 is 14.3 Å². The molecule has 132 valence electrons. The molecule has 1 saturated heterocycles. The smallest absolute Gasteiger partial charge is 0.258 e. The molecule has 0 bridgehead atoms. The van der Waals surface area contributed by atoms with Crippen molar-refractivity contribution in [2.24, 2.45) is 0 Å². The van der Waals surface area contributed by atoms with Crippen molar-refractivity contribution in [1.29, 1.82) is 5.26 Å². The second-order valence-electron chi connectivity index (χ2n) is 5.78. The number of methoxy groups -OCH3 is 1. The average Bonchev–Trinajstić information content (AvgIpc) is 2.67. The van der Waals surface area contributed by atoms with Gasteiger partial charge in [-0.15, -0.1) is 0 Å². The van der Waals surface area contributed by atoms with Gasteiger partial charge in [-0.3, -0.25) is 9.59 Å². The summed E-state index contributed by atoms with van der Waals surface area (Å²) in [7, 11) is 1.48. The molecule has 6 nitrogen and oxygen atoms in total. The highest BCUT2D eigenvalue weighted by molar-refractivity contribution is 6.31. The van der Waals surface area contributed by atoms with Crippen molar-refractivity contribution in [3.63, 3.8) is 0 Å². The molecule has 1 heterocycles. The van der Waals surface area contributed by atoms with Gasteiger partial charge in [-0.2, -0.15) is 5.26 Å². The Labute approximate surface area is 156 Å². The van der Waals surface area contributed by atoms with Gasteiger partial charge >= 0.3 is 0 Å². The Kier molecular flexibility index (Phi) is 5.10. The maximum Gasteiger partial charge on any atom is 0.258 e. The molecule has 1 aliphatic heterocycles. The number of amides is 2. The third-order valence-corrected chi connectivity index (χ3v) is 4.44. The van der Waals surface area contributed by atoms with Crippen molar-refractivity contribution in [1.82, 2.24) is 4.90 Å². The van der Waals surface area contributed by atoms with Crippen LogP contribution in [0.1, 0.15) is 15.9 Å². The molecule has 0 N–H and O–H groups in total. The van der Waals surface area contributed by atoms with Gasteiger partial charge in [0.25, 0.3) is 5.91 Å². The largest absolute Gasteiger partial charge is 0.496 e. The van der Waals surface area contributed by atoms with Gasteiger partial charge in [0, 0.05) is 23.8 Å². The lowest BCUT2D eigenvalue weighted by atomic mass is 10.1. The number of carbonyl (C=O) groups is 2. The van der Waals surface area contributed by atoms with Gasteiger partial charge in [0.05, 0.1) is 24.3 Å². The number of piperazine rings is 1. The number of halogens is 1. The van der Waals surface area contributed by atoms with Crippen LogP contribution >= 0.6 is 11.6 Å². The second-order valence-corrected chi connectivity index (χ2v) is 6.21. The van der Waals surface area contributed by atoms with Crippen molar-refractivity contribution in [3.05, 3.63) is 58.6 Å². The Balaban J connectivity index is 1.76. The minimum absolute atomic E-state index is 0.0332. The first-order valence-corrected chi connectivity index (χ1v) is 8.34. The summed E-state index contributed by atoms with van der Waals surface area (Å²) in [5.41, 5.74) is 1.57. The summed E-state index contributed by atoms with van der Waals surface area (Å²) >= 11 is 5.99. The summed E-state index contributed by atoms with van der Waals surface area (Å²) in [4.78, 5) is 28.4. The van der Waals surface area contributed by atoms with Gasteiger partial charge in [-0.05, 0) is 42.5 Å². The first-order chi connectivity index (χ1) is 12.5. The molecule has 1 aliphatic rings. The number of carbonyl (C=O) groups excluding carboxylic acids is 2. The van der Waals surface area contributed by atoms with Crippen LogP contribution in [0.15, 0.2) is 42.5 Å². The van der Waals surface area contributed by atoms with E-state index in [0.29, 0.717) is 40.7 Å². The maximum absolute atomic E-state index is 12.8. The highest BCUT2D eigenvalue weighted by Crippen LogP contribution is 2.25. The normalized spacial score (nSPS) is 14.1. The van der Waals surface area contributed by atoms with Crippen LogP contribution in [0.25, 0.3) is 0 Å². The zero-order valence-electron chi connectivity index (χ0n) is 14.1. The molecular formula is C19H16ClN3O3. The molecule has 0 spiro atoms. The van der Waals surface area contributed by atoms with Crippen LogP contribution in [0, 0.1) is 11.3 Å². The summed E-state index contributed by atoms with van der Waals surface area (Å²) in [6, 6.07) is 13.6. The first-order valence-electron chi connectivity index (χ1n) is 7.97. The van der Waals surface area contributed by atoms with Crippen LogP contribution < -0.4 is 9.64 Å². The standard InChI is InChI=1S/C19H16ClN3O3/c1-26-17-7-4-14(20)10-16(17)19(25)22-8-9-23(18(24)12-22)15-5-2-13(11-21)3-6-15/h2-7,10H,8-9,12H2,1H3. The van der Waals surface area contributed by atoms with Gasteiger partial charge in [0.1, 0.15) is 12.3 Å². The van der Waals surface area contributed by atoms with Gasteiger partial charge in [-0.25, -0.2) is 0 Å². The molecule has 3 rings (SSSR count). The van der Waals surface area contributed by atoms with E-state index in [1.165, 1.54) is 12.0 Å². The molecule has 26 heavy (non-hydrogen) atoms. The van der Waals surface area contributed by atoms with Crippen LogP contribution in [-0.2, 0) is 4.79 Å². The van der Waals surface area contributed by atoms with Crippen LogP contribution in [0.5, 0.6) is 5.75 Å². The first kappa shape index (κ1) is 17.8. The molecule has 0 aliphatic carbocycles. The van der Waals surface area contributed by atoms with Crippen molar-refractivity contribution in [2.45, 2.75) is 0 Å². The number of rotatable bonds is 3. The van der Waals surface area contributed by atoms with E-state index in [0.717, 1.165) is 0 Å². The lowest BCUT2D eigenvalue weighted by Gasteiger charge is -2.34. The van der Waals surface area contributed by atoms with Gasteiger partial charge in [0.15, 0.2) is 0 Å². The Bertz CT molecular complexity index is 890. The molecule has 0 aromatic heterocycles. The van der Waals surface area contributed by atoms with E-state index >= 15 is 0 Å². The number of hydrogen-bond donors (Lipinski definition) is 0. The fourth-order valence-corrected chi connectivity index (χ4v) is 3.03. The van der Waals surface area contributed by atoms with E-state index in [1.807, 2.05) is 6.07 Å². The summed E-state index contributed by atoms with van der Waals surface area (Å²) in [6.45, 7) is 0.730. The minimum Gasteiger partial charge on any atom is -0.496 e. The van der Waals surface area contributed by atoms with Gasteiger partial charge in [0.2, 0.25) is 5.91 Å². The second kappa shape index (κ2) is 7.46. The maximum atomic E-state index is 12.8. The van der Waals surface area contributed by atoms with Crippen LogP contribution in [-0.4, -0.2) is 43.5 Å². The molecule has 2 amide bonds. The van der Waals surface area contributed by atoms with E-state index in [4.69, 9.17) is 21.6 Å². The Hall–Kier alpha value is -3.04. The fourth-order valence-electron chi connectivity index (χ4n) is 2.85. The van der Waals surface area contributed by atoms with E-state index in [2.05, 4.69) is 0 Å². The predicted octanol–water partition coefficient (Wildman–Crippen LogP) is 2.71. The molecule has 1 fully saturated rings. The number of nitrogens with zero attached hydrogens (tertiary/aromatic N) is 3.